The SMILES string of the molecule is C[C@]12CC[C@@H]3c4cc[c-]cc4C[C@@H](CCCCCCCCCS(=O)CCCC(F)(F)C(F)(F)F)[C@H]3[C@@H]1CC[C@@H]2O.[K+]. The number of aliphatic hydroxyl groups is 1. The maximum Gasteiger partial charge on any atom is 1.00 e. The molecule has 3 aliphatic carbocycles. The Bertz CT molecular complexity index is 989. The van der Waals surface area contributed by atoms with E-state index in [9.17, 15) is 31.3 Å². The maximum absolute atomic E-state index is 12.9. The summed E-state index contributed by atoms with van der Waals surface area (Å²) in [6, 6.07) is 9.84. The van der Waals surface area contributed by atoms with Crippen molar-refractivity contribution in [1.29, 1.82) is 0 Å². The summed E-state index contributed by atoms with van der Waals surface area (Å²) in [7, 11) is -1.34. The summed E-state index contributed by atoms with van der Waals surface area (Å²) in [5.41, 5.74) is 3.07. The van der Waals surface area contributed by atoms with Gasteiger partial charge in [0, 0.05) is 28.7 Å². The summed E-state index contributed by atoms with van der Waals surface area (Å²) >= 11 is 0. The monoisotopic (exact) mass is 628 g/mol. The molecule has 0 radical (unpaired) electrons. The quantitative estimate of drug-likeness (QED) is 0.123. The first-order valence-electron chi connectivity index (χ1n) is 15.4. The van der Waals surface area contributed by atoms with Crippen LogP contribution in [-0.2, 0) is 17.2 Å². The van der Waals surface area contributed by atoms with E-state index in [0.29, 0.717) is 29.4 Å². The Morgan fingerprint density at radius 3 is 2.34 bits per heavy atom. The van der Waals surface area contributed by atoms with Gasteiger partial charge in [0.1, 0.15) is 0 Å². The minimum absolute atomic E-state index is 0. The van der Waals surface area contributed by atoms with Gasteiger partial charge in [-0.2, -0.15) is 57.3 Å². The van der Waals surface area contributed by atoms with Crippen LogP contribution in [0, 0.1) is 29.2 Å². The Hall–Kier alpha value is 0.616. The van der Waals surface area contributed by atoms with Crippen molar-refractivity contribution in [3.63, 3.8) is 0 Å². The maximum atomic E-state index is 12.9. The van der Waals surface area contributed by atoms with Crippen LogP contribution in [0.5, 0.6) is 0 Å². The summed E-state index contributed by atoms with van der Waals surface area (Å²) in [6.07, 6.45) is 6.66. The van der Waals surface area contributed by atoms with Gasteiger partial charge >= 0.3 is 63.5 Å². The molecule has 4 rings (SSSR count). The van der Waals surface area contributed by atoms with Crippen LogP contribution in [0.4, 0.5) is 22.0 Å². The van der Waals surface area contributed by atoms with E-state index in [1.165, 1.54) is 36.8 Å². The fourth-order valence-corrected chi connectivity index (χ4v) is 9.36. The molecule has 0 heterocycles. The number of aliphatic hydroxyl groups excluding tert-OH is 1. The van der Waals surface area contributed by atoms with Gasteiger partial charge in [-0.1, -0.05) is 58.3 Å². The Morgan fingerprint density at radius 1 is 0.976 bits per heavy atom. The number of halogens is 5. The van der Waals surface area contributed by atoms with Gasteiger partial charge in [0.25, 0.3) is 0 Å². The second-order valence-electron chi connectivity index (χ2n) is 12.9. The van der Waals surface area contributed by atoms with Crippen LogP contribution in [0.3, 0.4) is 0 Å². The van der Waals surface area contributed by atoms with Crippen molar-refractivity contribution in [2.75, 3.05) is 11.5 Å². The van der Waals surface area contributed by atoms with Gasteiger partial charge in [0.15, 0.2) is 0 Å². The van der Waals surface area contributed by atoms with E-state index in [2.05, 4.69) is 31.2 Å². The fourth-order valence-electron chi connectivity index (χ4n) is 8.17. The van der Waals surface area contributed by atoms with Gasteiger partial charge < -0.3 is 5.11 Å². The summed E-state index contributed by atoms with van der Waals surface area (Å²) in [5.74, 6) is -1.89. The van der Waals surface area contributed by atoms with Crippen LogP contribution in [0.25, 0.3) is 0 Å². The van der Waals surface area contributed by atoms with Gasteiger partial charge in [-0.15, -0.1) is 0 Å². The molecule has 0 saturated heterocycles. The van der Waals surface area contributed by atoms with Gasteiger partial charge in [0.2, 0.25) is 0 Å². The first-order valence-corrected chi connectivity index (χ1v) is 16.9. The third-order valence-electron chi connectivity index (χ3n) is 10.4. The topological polar surface area (TPSA) is 37.3 Å². The molecule has 1 N–H and O–H groups in total. The standard InChI is InChI=1S/C32H46F5O2S.K/c1-30-19-17-26-25-14-9-8-12-23(25)22-24(29(26)27(30)15-16-28(30)38)13-7-5-3-2-4-6-10-20-40(39)21-11-18-31(33,34)32(35,36)37;/h9,12,14,24,26-29,38H,2-7,10-11,13,15-22H2,1H3;/q-1;+1/t24-,26-,27+,28+,29-,30+,40?;/m1./s1. The number of benzene rings is 1. The number of hydrogen-bond acceptors (Lipinski definition) is 2. The number of fused-ring (bicyclic) bond motifs is 5. The second kappa shape index (κ2) is 15.8. The summed E-state index contributed by atoms with van der Waals surface area (Å²) in [5, 5.41) is 10.8. The van der Waals surface area contributed by atoms with Crippen molar-refractivity contribution in [1.82, 2.24) is 0 Å². The molecule has 41 heavy (non-hydrogen) atoms. The van der Waals surface area contributed by atoms with E-state index in [4.69, 9.17) is 0 Å². The van der Waals surface area contributed by atoms with Crippen LogP contribution in [0.1, 0.15) is 114 Å². The Morgan fingerprint density at radius 2 is 1.63 bits per heavy atom. The predicted octanol–water partition coefficient (Wildman–Crippen LogP) is 5.78. The zero-order chi connectivity index (χ0) is 29.0. The molecule has 2 fully saturated rings. The zero-order valence-corrected chi connectivity index (χ0v) is 28.7. The summed E-state index contributed by atoms with van der Waals surface area (Å²) in [4.78, 5) is 0. The Labute approximate surface area is 288 Å². The van der Waals surface area contributed by atoms with E-state index in [1.807, 2.05) is 0 Å². The molecule has 0 bridgehead atoms. The van der Waals surface area contributed by atoms with Crippen molar-refractivity contribution in [2.24, 2.45) is 23.2 Å². The third kappa shape index (κ3) is 8.87. The van der Waals surface area contributed by atoms with Crippen LogP contribution in [-0.4, -0.2) is 39.0 Å². The molecule has 1 aromatic rings. The van der Waals surface area contributed by atoms with Crippen molar-refractivity contribution in [2.45, 2.75) is 127 Å². The number of rotatable bonds is 14. The van der Waals surface area contributed by atoms with E-state index in [-0.39, 0.29) is 75.1 Å². The van der Waals surface area contributed by atoms with Crippen molar-refractivity contribution < 1.29 is 82.7 Å². The first kappa shape index (κ1) is 36.1. The fraction of sp³-hybridized carbons (Fsp3) is 0.812. The van der Waals surface area contributed by atoms with Gasteiger partial charge in [0.05, 0.1) is 6.10 Å². The molecule has 228 valence electrons. The minimum Gasteiger partial charge on any atom is -0.393 e. The van der Waals surface area contributed by atoms with Crippen LogP contribution < -0.4 is 51.4 Å². The van der Waals surface area contributed by atoms with Crippen molar-refractivity contribution in [3.05, 3.63) is 35.4 Å². The molecule has 9 heteroatoms. The normalized spacial score (nSPS) is 30.2. The molecule has 0 aromatic heterocycles. The molecule has 7 atom stereocenters. The van der Waals surface area contributed by atoms with Crippen molar-refractivity contribution >= 4 is 10.8 Å². The molecule has 0 aliphatic heterocycles. The molecule has 0 amide bonds. The molecule has 1 aromatic carbocycles. The Kier molecular flexibility index (Phi) is 13.9. The minimum atomic E-state index is -5.53. The van der Waals surface area contributed by atoms with E-state index in [1.54, 1.807) is 0 Å². The number of unbranched alkanes of at least 4 members (excludes halogenated alkanes) is 6. The van der Waals surface area contributed by atoms with Gasteiger partial charge in [-0.25, -0.2) is 0 Å². The molecule has 1 unspecified atom stereocenters. The third-order valence-corrected chi connectivity index (χ3v) is 11.9. The smallest absolute Gasteiger partial charge is 0.393 e. The van der Waals surface area contributed by atoms with Gasteiger partial charge in [-0.05, 0) is 67.6 Å². The largest absolute Gasteiger partial charge is 1.00 e. The van der Waals surface area contributed by atoms with Crippen LogP contribution in [0.15, 0.2) is 18.2 Å². The van der Waals surface area contributed by atoms with Crippen LogP contribution in [0.2, 0.25) is 0 Å². The average molecular weight is 629 g/mol. The van der Waals surface area contributed by atoms with E-state index in [0.717, 1.165) is 57.8 Å². The predicted molar refractivity (Wildman–Crippen MR) is 150 cm³/mol. The molecule has 3 aliphatic rings. The second-order valence-corrected chi connectivity index (χ2v) is 14.6. The summed E-state index contributed by atoms with van der Waals surface area (Å²) < 4.78 is 74.5. The molecular formula is C32H46F5KO2S. The molecule has 0 spiro atoms. The number of alkyl halides is 5. The molecule has 2 saturated carbocycles. The zero-order valence-electron chi connectivity index (χ0n) is 24.8. The summed E-state index contributed by atoms with van der Waals surface area (Å²) in [6.45, 7) is 2.33. The Balaban J connectivity index is 0.00000462. The van der Waals surface area contributed by atoms with Gasteiger partial charge in [-0.3, -0.25) is 4.21 Å². The molecule has 2 nitrogen and oxygen atoms in total. The van der Waals surface area contributed by atoms with E-state index < -0.39 is 29.3 Å². The number of hydrogen-bond donors (Lipinski definition) is 1. The first-order chi connectivity index (χ1) is 18.9. The van der Waals surface area contributed by atoms with Crippen molar-refractivity contribution in [3.8, 4) is 0 Å². The van der Waals surface area contributed by atoms with Crippen LogP contribution >= 0.6 is 0 Å². The average Bonchev–Trinajstić information content (AvgIpc) is 3.20. The van der Waals surface area contributed by atoms with E-state index >= 15 is 0 Å². The molecular weight excluding hydrogens is 583 g/mol.